The molecule has 1 N–H and O–H groups in total. The smallest absolute Gasteiger partial charge is 0.293 e. The molecular weight excluding hydrogens is 252 g/mol. The van der Waals surface area contributed by atoms with E-state index in [1.807, 2.05) is 13.0 Å². The number of anilines is 1. The van der Waals surface area contributed by atoms with E-state index in [0.29, 0.717) is 22.3 Å². The Morgan fingerprint density at radius 2 is 2.06 bits per heavy atom. The van der Waals surface area contributed by atoms with Gasteiger partial charge < -0.3 is 9.73 Å². The lowest BCUT2D eigenvalue weighted by atomic mass is 10.2. The van der Waals surface area contributed by atoms with Gasteiger partial charge in [0.05, 0.1) is 5.69 Å². The molecule has 0 aliphatic carbocycles. The minimum atomic E-state index is -0.321. The van der Waals surface area contributed by atoms with Gasteiger partial charge in [0.1, 0.15) is 0 Å². The van der Waals surface area contributed by atoms with Crippen LogP contribution in [0.4, 0.5) is 5.69 Å². The van der Waals surface area contributed by atoms with Gasteiger partial charge >= 0.3 is 0 Å². The highest BCUT2D eigenvalue weighted by molar-refractivity contribution is 6.31. The highest BCUT2D eigenvalue weighted by Crippen LogP contribution is 2.21. The van der Waals surface area contributed by atoms with Crippen molar-refractivity contribution in [1.29, 1.82) is 0 Å². The molecule has 2 aromatic rings. The Morgan fingerprint density at radius 1 is 1.33 bits per heavy atom. The van der Waals surface area contributed by atoms with E-state index in [0.717, 1.165) is 5.56 Å². The van der Waals surface area contributed by atoms with Crippen molar-refractivity contribution >= 4 is 23.2 Å². The molecule has 1 aromatic carbocycles. The van der Waals surface area contributed by atoms with Crippen LogP contribution in [0.2, 0.25) is 5.02 Å². The molecule has 1 heterocycles. The summed E-state index contributed by atoms with van der Waals surface area (Å²) in [6.07, 6.45) is 0. The fourth-order valence-electron chi connectivity index (χ4n) is 1.65. The van der Waals surface area contributed by atoms with Gasteiger partial charge in [-0.2, -0.15) is 0 Å². The zero-order valence-electron chi connectivity index (χ0n) is 10.4. The summed E-state index contributed by atoms with van der Waals surface area (Å²) in [4.78, 5) is 16.1. The SMILES string of the molecule is Cc1nc(C)c(C(=O)Nc2cc(Cl)ccc2C)o1. The molecule has 0 aliphatic rings. The summed E-state index contributed by atoms with van der Waals surface area (Å²) in [6.45, 7) is 5.33. The monoisotopic (exact) mass is 264 g/mol. The number of aromatic nitrogens is 1. The van der Waals surface area contributed by atoms with Gasteiger partial charge in [0, 0.05) is 17.6 Å². The number of nitrogens with one attached hydrogen (secondary N) is 1. The molecule has 0 saturated carbocycles. The molecule has 18 heavy (non-hydrogen) atoms. The van der Waals surface area contributed by atoms with E-state index in [9.17, 15) is 4.79 Å². The number of hydrogen-bond donors (Lipinski definition) is 1. The number of aryl methyl sites for hydroxylation is 3. The van der Waals surface area contributed by atoms with Gasteiger partial charge in [-0.25, -0.2) is 4.98 Å². The first-order chi connectivity index (χ1) is 8.47. The summed E-state index contributed by atoms with van der Waals surface area (Å²) in [5, 5.41) is 3.34. The molecule has 2 rings (SSSR count). The number of carbonyl (C=O) groups excluding carboxylic acids is 1. The summed E-state index contributed by atoms with van der Waals surface area (Å²) in [7, 11) is 0. The van der Waals surface area contributed by atoms with E-state index < -0.39 is 0 Å². The summed E-state index contributed by atoms with van der Waals surface area (Å²) in [5.41, 5.74) is 2.17. The van der Waals surface area contributed by atoms with Crippen molar-refractivity contribution in [3.05, 3.63) is 46.1 Å². The molecule has 5 heteroatoms. The molecule has 1 amide bonds. The Morgan fingerprint density at radius 3 is 2.67 bits per heavy atom. The van der Waals surface area contributed by atoms with E-state index in [1.54, 1.807) is 26.0 Å². The zero-order chi connectivity index (χ0) is 13.3. The van der Waals surface area contributed by atoms with Crippen LogP contribution >= 0.6 is 11.6 Å². The van der Waals surface area contributed by atoms with E-state index in [2.05, 4.69) is 10.3 Å². The van der Waals surface area contributed by atoms with Gasteiger partial charge in [0.25, 0.3) is 5.91 Å². The molecule has 0 bridgehead atoms. The van der Waals surface area contributed by atoms with Crippen molar-refractivity contribution in [1.82, 2.24) is 4.98 Å². The van der Waals surface area contributed by atoms with Crippen LogP contribution in [0.1, 0.15) is 27.7 Å². The molecule has 0 saturated heterocycles. The van der Waals surface area contributed by atoms with Gasteiger partial charge in [0.15, 0.2) is 5.89 Å². The maximum absolute atomic E-state index is 12.0. The lowest BCUT2D eigenvalue weighted by Gasteiger charge is -2.07. The minimum absolute atomic E-state index is 0.229. The van der Waals surface area contributed by atoms with Gasteiger partial charge in [-0.3, -0.25) is 4.79 Å². The average molecular weight is 265 g/mol. The molecule has 1 aromatic heterocycles. The molecule has 0 spiro atoms. The van der Waals surface area contributed by atoms with Crippen molar-refractivity contribution in [3.63, 3.8) is 0 Å². The molecule has 0 aliphatic heterocycles. The van der Waals surface area contributed by atoms with Crippen molar-refractivity contribution in [3.8, 4) is 0 Å². The Hall–Kier alpha value is -1.81. The topological polar surface area (TPSA) is 55.1 Å². The van der Waals surface area contributed by atoms with Crippen LogP contribution in [-0.4, -0.2) is 10.9 Å². The number of amides is 1. The van der Waals surface area contributed by atoms with Crippen molar-refractivity contribution in [2.45, 2.75) is 20.8 Å². The summed E-state index contributed by atoms with van der Waals surface area (Å²) >= 11 is 5.89. The zero-order valence-corrected chi connectivity index (χ0v) is 11.1. The third-order valence-electron chi connectivity index (χ3n) is 2.56. The van der Waals surface area contributed by atoms with Crippen LogP contribution in [0.25, 0.3) is 0 Å². The highest BCUT2D eigenvalue weighted by Gasteiger charge is 2.16. The lowest BCUT2D eigenvalue weighted by Crippen LogP contribution is -2.13. The number of nitrogens with zero attached hydrogens (tertiary/aromatic N) is 1. The summed E-state index contributed by atoms with van der Waals surface area (Å²) in [5.74, 6) is 0.380. The Bertz CT molecular complexity index is 605. The molecular formula is C13H13ClN2O2. The van der Waals surface area contributed by atoms with Crippen LogP contribution < -0.4 is 5.32 Å². The number of benzene rings is 1. The van der Waals surface area contributed by atoms with Crippen molar-refractivity contribution in [2.24, 2.45) is 0 Å². The third-order valence-corrected chi connectivity index (χ3v) is 2.79. The molecule has 0 fully saturated rings. The average Bonchev–Trinajstić information content (AvgIpc) is 2.63. The maximum Gasteiger partial charge on any atom is 0.293 e. The van der Waals surface area contributed by atoms with Gasteiger partial charge in [-0.1, -0.05) is 17.7 Å². The first kappa shape index (κ1) is 12.6. The molecule has 0 radical (unpaired) electrons. The number of rotatable bonds is 2. The summed E-state index contributed by atoms with van der Waals surface area (Å²) in [6, 6.07) is 5.32. The van der Waals surface area contributed by atoms with E-state index in [1.165, 1.54) is 0 Å². The Balaban J connectivity index is 2.26. The van der Waals surface area contributed by atoms with Gasteiger partial charge in [-0.15, -0.1) is 0 Å². The first-order valence-electron chi connectivity index (χ1n) is 5.49. The second-order valence-electron chi connectivity index (χ2n) is 4.06. The second-order valence-corrected chi connectivity index (χ2v) is 4.50. The largest absolute Gasteiger partial charge is 0.436 e. The Labute approximate surface area is 110 Å². The number of hydrogen-bond acceptors (Lipinski definition) is 3. The predicted molar refractivity (Wildman–Crippen MR) is 70.1 cm³/mol. The van der Waals surface area contributed by atoms with Gasteiger partial charge in [-0.05, 0) is 31.5 Å². The lowest BCUT2D eigenvalue weighted by molar-refractivity contribution is 0.0994. The highest BCUT2D eigenvalue weighted by atomic mass is 35.5. The number of carbonyl (C=O) groups is 1. The van der Waals surface area contributed by atoms with Crippen LogP contribution in [0, 0.1) is 20.8 Å². The Kier molecular flexibility index (Phi) is 3.39. The molecule has 0 unspecified atom stereocenters. The van der Waals surface area contributed by atoms with Crippen LogP contribution in [0.5, 0.6) is 0 Å². The predicted octanol–water partition coefficient (Wildman–Crippen LogP) is 3.51. The minimum Gasteiger partial charge on any atom is -0.436 e. The van der Waals surface area contributed by atoms with E-state index >= 15 is 0 Å². The first-order valence-corrected chi connectivity index (χ1v) is 5.86. The number of oxazole rings is 1. The van der Waals surface area contributed by atoms with Gasteiger partial charge in [0.2, 0.25) is 5.76 Å². The van der Waals surface area contributed by atoms with E-state index in [-0.39, 0.29) is 11.7 Å². The molecule has 94 valence electrons. The maximum atomic E-state index is 12.0. The number of halogens is 1. The van der Waals surface area contributed by atoms with Crippen LogP contribution in [0.3, 0.4) is 0 Å². The third kappa shape index (κ3) is 2.54. The summed E-state index contributed by atoms with van der Waals surface area (Å²) < 4.78 is 5.26. The van der Waals surface area contributed by atoms with Crippen LogP contribution in [0.15, 0.2) is 22.6 Å². The van der Waals surface area contributed by atoms with Crippen molar-refractivity contribution in [2.75, 3.05) is 5.32 Å². The van der Waals surface area contributed by atoms with Crippen molar-refractivity contribution < 1.29 is 9.21 Å². The van der Waals surface area contributed by atoms with Crippen LogP contribution in [-0.2, 0) is 0 Å². The quantitative estimate of drug-likeness (QED) is 0.903. The normalized spacial score (nSPS) is 10.4. The fraction of sp³-hybridized carbons (Fsp3) is 0.231. The fourth-order valence-corrected chi connectivity index (χ4v) is 1.82. The van der Waals surface area contributed by atoms with E-state index in [4.69, 9.17) is 16.0 Å². The molecule has 0 atom stereocenters. The second kappa shape index (κ2) is 4.82. The molecule has 4 nitrogen and oxygen atoms in total. The standard InChI is InChI=1S/C13H13ClN2O2/c1-7-4-5-10(14)6-11(7)16-13(17)12-8(2)15-9(3)18-12/h4-6H,1-3H3,(H,16,17).